The minimum absolute atomic E-state index is 0.353. The van der Waals surface area contributed by atoms with Crippen LogP contribution in [-0.2, 0) is 0 Å². The Morgan fingerprint density at radius 3 is 3.19 bits per heavy atom. The summed E-state index contributed by atoms with van der Waals surface area (Å²) in [6.07, 6.45) is 4.34. The van der Waals surface area contributed by atoms with Crippen LogP contribution < -0.4 is 11.1 Å². The van der Waals surface area contributed by atoms with E-state index in [0.29, 0.717) is 17.1 Å². The number of thioether (sulfide) groups is 1. The molecule has 0 aliphatic carbocycles. The number of nitrogens with two attached hydrogens (primary N) is 1. The van der Waals surface area contributed by atoms with Gasteiger partial charge in [0.15, 0.2) is 0 Å². The van der Waals surface area contributed by atoms with Crippen molar-refractivity contribution in [2.75, 3.05) is 18.0 Å². The van der Waals surface area contributed by atoms with Gasteiger partial charge >= 0.3 is 0 Å². The third kappa shape index (κ3) is 2.50. The first-order chi connectivity index (χ1) is 7.83. The molecule has 1 aliphatic rings. The average molecular weight is 237 g/mol. The zero-order chi connectivity index (χ0) is 11.4. The topological polar surface area (TPSA) is 50.9 Å². The molecule has 2 rings (SSSR count). The first-order valence-electron chi connectivity index (χ1n) is 5.88. The maximum atomic E-state index is 5.96. The summed E-state index contributed by atoms with van der Waals surface area (Å²) < 4.78 is 0. The van der Waals surface area contributed by atoms with E-state index < -0.39 is 0 Å². The molecule has 16 heavy (non-hydrogen) atoms. The van der Waals surface area contributed by atoms with Gasteiger partial charge in [-0.25, -0.2) is 4.98 Å². The van der Waals surface area contributed by atoms with Gasteiger partial charge in [0.25, 0.3) is 0 Å². The number of aromatic nitrogens is 1. The number of nitrogens with zero attached hydrogens (tertiary/aromatic N) is 1. The standard InChI is InChI=1S/C12H19N3S/c1-2-14-11(10-6-4-8-16-10)9-5-3-7-15-12(9)13/h3,5,7,10-11,14H,2,4,6,8H2,1H3,(H2,13,15). The van der Waals surface area contributed by atoms with Crippen molar-refractivity contribution in [1.29, 1.82) is 0 Å². The number of hydrogen-bond acceptors (Lipinski definition) is 4. The Labute approximate surface area is 101 Å². The van der Waals surface area contributed by atoms with Gasteiger partial charge in [0.2, 0.25) is 0 Å². The Bertz CT molecular complexity index is 337. The monoisotopic (exact) mass is 237 g/mol. The van der Waals surface area contributed by atoms with Crippen molar-refractivity contribution in [1.82, 2.24) is 10.3 Å². The van der Waals surface area contributed by atoms with Gasteiger partial charge in [0, 0.05) is 23.1 Å². The second-order valence-corrected chi connectivity index (χ2v) is 5.41. The fourth-order valence-corrected chi connectivity index (χ4v) is 3.62. The van der Waals surface area contributed by atoms with Crippen LogP contribution in [0.4, 0.5) is 5.82 Å². The van der Waals surface area contributed by atoms with E-state index in [2.05, 4.69) is 23.3 Å². The Morgan fingerprint density at radius 1 is 1.69 bits per heavy atom. The highest BCUT2D eigenvalue weighted by molar-refractivity contribution is 8.00. The van der Waals surface area contributed by atoms with E-state index in [1.807, 2.05) is 17.8 Å². The van der Waals surface area contributed by atoms with Crippen molar-refractivity contribution in [3.05, 3.63) is 23.9 Å². The van der Waals surface area contributed by atoms with E-state index in [0.717, 1.165) is 12.1 Å². The molecule has 1 fully saturated rings. The van der Waals surface area contributed by atoms with Crippen LogP contribution >= 0.6 is 11.8 Å². The van der Waals surface area contributed by atoms with Crippen molar-refractivity contribution < 1.29 is 0 Å². The summed E-state index contributed by atoms with van der Waals surface area (Å²) in [4.78, 5) is 4.18. The Kier molecular flexibility index (Phi) is 4.07. The first-order valence-corrected chi connectivity index (χ1v) is 6.93. The highest BCUT2D eigenvalue weighted by atomic mass is 32.2. The van der Waals surface area contributed by atoms with Crippen LogP contribution in [0.25, 0.3) is 0 Å². The third-order valence-electron chi connectivity index (χ3n) is 2.97. The summed E-state index contributed by atoms with van der Waals surface area (Å²) in [7, 11) is 0. The summed E-state index contributed by atoms with van der Waals surface area (Å²) in [6, 6.07) is 4.41. The summed E-state index contributed by atoms with van der Waals surface area (Å²) in [5, 5.41) is 4.19. The molecule has 1 aromatic rings. The number of rotatable bonds is 4. The largest absolute Gasteiger partial charge is 0.383 e. The molecule has 0 spiro atoms. The number of hydrogen-bond donors (Lipinski definition) is 2. The highest BCUT2D eigenvalue weighted by Gasteiger charge is 2.27. The molecule has 2 unspecified atom stereocenters. The smallest absolute Gasteiger partial charge is 0.128 e. The predicted octanol–water partition coefficient (Wildman–Crippen LogP) is 2.21. The molecule has 1 aliphatic heterocycles. The molecule has 88 valence electrons. The van der Waals surface area contributed by atoms with Gasteiger partial charge < -0.3 is 11.1 Å². The lowest BCUT2D eigenvalue weighted by atomic mass is 10.0. The molecule has 4 heteroatoms. The normalized spacial score (nSPS) is 22.2. The molecule has 3 nitrogen and oxygen atoms in total. The Balaban J connectivity index is 2.21. The summed E-state index contributed by atoms with van der Waals surface area (Å²) in [5.74, 6) is 1.94. The van der Waals surface area contributed by atoms with Crippen LogP contribution in [0.2, 0.25) is 0 Å². The molecule has 3 N–H and O–H groups in total. The number of nitrogens with one attached hydrogen (secondary N) is 1. The van der Waals surface area contributed by atoms with Crippen molar-refractivity contribution in [2.45, 2.75) is 31.1 Å². The number of pyridine rings is 1. The van der Waals surface area contributed by atoms with Gasteiger partial charge in [-0.3, -0.25) is 0 Å². The zero-order valence-electron chi connectivity index (χ0n) is 9.65. The van der Waals surface area contributed by atoms with E-state index in [4.69, 9.17) is 5.73 Å². The van der Waals surface area contributed by atoms with Crippen LogP contribution in [0.5, 0.6) is 0 Å². The molecule has 0 saturated carbocycles. The lowest BCUT2D eigenvalue weighted by molar-refractivity contribution is 0.519. The lowest BCUT2D eigenvalue weighted by Gasteiger charge is -2.24. The lowest BCUT2D eigenvalue weighted by Crippen LogP contribution is -2.29. The fraction of sp³-hybridized carbons (Fsp3) is 0.583. The quantitative estimate of drug-likeness (QED) is 0.843. The maximum Gasteiger partial charge on any atom is 0.128 e. The number of nitrogen functional groups attached to an aromatic ring is 1. The van der Waals surface area contributed by atoms with Gasteiger partial charge in [-0.1, -0.05) is 13.0 Å². The van der Waals surface area contributed by atoms with E-state index in [9.17, 15) is 0 Å². The molecule has 2 atom stereocenters. The second kappa shape index (κ2) is 5.55. The van der Waals surface area contributed by atoms with Gasteiger partial charge in [0.05, 0.1) is 0 Å². The van der Waals surface area contributed by atoms with Crippen LogP contribution in [0.3, 0.4) is 0 Å². The predicted molar refractivity (Wildman–Crippen MR) is 70.5 cm³/mol. The molecule has 0 radical (unpaired) electrons. The number of anilines is 1. The fourth-order valence-electron chi connectivity index (χ4n) is 2.22. The van der Waals surface area contributed by atoms with Crippen molar-refractivity contribution in [2.24, 2.45) is 0 Å². The molecule has 0 aromatic carbocycles. The maximum absolute atomic E-state index is 5.96. The first kappa shape index (κ1) is 11.7. The van der Waals surface area contributed by atoms with Gasteiger partial charge in [-0.2, -0.15) is 11.8 Å². The van der Waals surface area contributed by atoms with Crippen LogP contribution in [0.1, 0.15) is 31.4 Å². The van der Waals surface area contributed by atoms with Gasteiger partial charge in [0.1, 0.15) is 5.82 Å². The molecule has 0 bridgehead atoms. The van der Waals surface area contributed by atoms with E-state index in [1.165, 1.54) is 18.6 Å². The molecular formula is C12H19N3S. The van der Waals surface area contributed by atoms with Crippen LogP contribution in [-0.4, -0.2) is 22.5 Å². The third-order valence-corrected chi connectivity index (χ3v) is 4.43. The Hall–Kier alpha value is -0.740. The minimum Gasteiger partial charge on any atom is -0.383 e. The van der Waals surface area contributed by atoms with Gasteiger partial charge in [-0.05, 0) is 31.2 Å². The van der Waals surface area contributed by atoms with E-state index in [-0.39, 0.29) is 0 Å². The van der Waals surface area contributed by atoms with E-state index in [1.54, 1.807) is 6.20 Å². The van der Waals surface area contributed by atoms with Crippen molar-refractivity contribution >= 4 is 17.6 Å². The molecule has 0 amide bonds. The van der Waals surface area contributed by atoms with E-state index >= 15 is 0 Å². The zero-order valence-corrected chi connectivity index (χ0v) is 10.5. The summed E-state index contributed by atoms with van der Waals surface area (Å²) >= 11 is 2.05. The second-order valence-electron chi connectivity index (χ2n) is 4.06. The molecule has 1 saturated heterocycles. The highest BCUT2D eigenvalue weighted by Crippen LogP contribution is 2.37. The molecular weight excluding hydrogens is 218 g/mol. The minimum atomic E-state index is 0.353. The SMILES string of the molecule is CCNC(c1cccnc1N)C1CCCS1. The van der Waals surface area contributed by atoms with Crippen molar-refractivity contribution in [3.8, 4) is 0 Å². The Morgan fingerprint density at radius 2 is 2.56 bits per heavy atom. The van der Waals surface area contributed by atoms with Crippen LogP contribution in [0.15, 0.2) is 18.3 Å². The van der Waals surface area contributed by atoms with Crippen LogP contribution in [0, 0.1) is 0 Å². The van der Waals surface area contributed by atoms with Gasteiger partial charge in [-0.15, -0.1) is 0 Å². The molecule has 2 heterocycles. The summed E-state index contributed by atoms with van der Waals surface area (Å²) in [6.45, 7) is 3.11. The molecule has 1 aromatic heterocycles. The van der Waals surface area contributed by atoms with Crippen molar-refractivity contribution in [3.63, 3.8) is 0 Å². The average Bonchev–Trinajstić information content (AvgIpc) is 2.80. The summed E-state index contributed by atoms with van der Waals surface area (Å²) in [5.41, 5.74) is 7.12.